The van der Waals surface area contributed by atoms with Crippen LogP contribution >= 0.6 is 0 Å². The third-order valence-corrected chi connectivity index (χ3v) is 3.26. The smallest absolute Gasteiger partial charge is 0.253 e. The summed E-state index contributed by atoms with van der Waals surface area (Å²) >= 11 is 0. The predicted octanol–water partition coefficient (Wildman–Crippen LogP) is 1.88. The summed E-state index contributed by atoms with van der Waals surface area (Å²) < 4.78 is 0. The van der Waals surface area contributed by atoms with Gasteiger partial charge in [-0.05, 0) is 19.1 Å². The molecule has 2 aromatic rings. The lowest BCUT2D eigenvalue weighted by molar-refractivity contribution is -0.116. The first-order chi connectivity index (χ1) is 10.0. The summed E-state index contributed by atoms with van der Waals surface area (Å²) in [5, 5.41) is 2.86. The molecule has 1 aromatic carbocycles. The molecule has 6 heteroatoms. The van der Waals surface area contributed by atoms with Crippen LogP contribution in [0.3, 0.4) is 0 Å². The Morgan fingerprint density at radius 1 is 1.33 bits per heavy atom. The van der Waals surface area contributed by atoms with Crippen LogP contribution in [0.15, 0.2) is 36.7 Å². The molecular formula is C15H18N4O2. The summed E-state index contributed by atoms with van der Waals surface area (Å²) in [4.78, 5) is 32.4. The average molecular weight is 286 g/mol. The van der Waals surface area contributed by atoms with Gasteiger partial charge in [-0.15, -0.1) is 0 Å². The molecule has 0 saturated carbocycles. The van der Waals surface area contributed by atoms with Crippen LogP contribution in [0.5, 0.6) is 0 Å². The highest BCUT2D eigenvalue weighted by Gasteiger charge is 2.18. The molecule has 0 fully saturated rings. The lowest BCUT2D eigenvalue weighted by Gasteiger charge is -2.19. The minimum Gasteiger partial charge on any atom is -0.347 e. The molecule has 1 atom stereocenters. The highest BCUT2D eigenvalue weighted by molar-refractivity contribution is 6.04. The van der Waals surface area contributed by atoms with Gasteiger partial charge in [0, 0.05) is 26.4 Å². The first-order valence-corrected chi connectivity index (χ1v) is 6.64. The van der Waals surface area contributed by atoms with Gasteiger partial charge in [0.25, 0.3) is 5.91 Å². The van der Waals surface area contributed by atoms with Crippen LogP contribution in [0.1, 0.15) is 36.1 Å². The van der Waals surface area contributed by atoms with Crippen molar-refractivity contribution in [1.29, 1.82) is 0 Å². The largest absolute Gasteiger partial charge is 0.347 e. The fourth-order valence-corrected chi connectivity index (χ4v) is 1.98. The standard InChI is InChI=1S/C15H18N4O2/c1-10(14-16-8-9-17-14)18-15(21)12-6-4-5-7-13(12)19(3)11(2)20/h4-10H,1-3H3,(H,16,17)(H,18,21). The minimum atomic E-state index is -0.248. The fourth-order valence-electron chi connectivity index (χ4n) is 1.98. The van der Waals surface area contributed by atoms with E-state index >= 15 is 0 Å². The maximum Gasteiger partial charge on any atom is 0.253 e. The summed E-state index contributed by atoms with van der Waals surface area (Å²) in [5.41, 5.74) is 1.03. The quantitative estimate of drug-likeness (QED) is 0.900. The van der Waals surface area contributed by atoms with Crippen molar-refractivity contribution in [2.75, 3.05) is 11.9 Å². The molecule has 0 aliphatic heterocycles. The topological polar surface area (TPSA) is 78.1 Å². The zero-order chi connectivity index (χ0) is 15.4. The van der Waals surface area contributed by atoms with E-state index in [2.05, 4.69) is 15.3 Å². The Hall–Kier alpha value is -2.63. The van der Waals surface area contributed by atoms with Gasteiger partial charge >= 0.3 is 0 Å². The number of amides is 2. The van der Waals surface area contributed by atoms with Crippen LogP contribution in [0, 0.1) is 0 Å². The summed E-state index contributed by atoms with van der Waals surface area (Å²) in [5.74, 6) is 0.303. The van der Waals surface area contributed by atoms with Gasteiger partial charge in [0.1, 0.15) is 5.82 Å². The average Bonchev–Trinajstić information content (AvgIpc) is 3.00. The number of hydrogen-bond donors (Lipinski definition) is 2. The molecule has 110 valence electrons. The van der Waals surface area contributed by atoms with E-state index in [9.17, 15) is 9.59 Å². The van der Waals surface area contributed by atoms with E-state index in [0.717, 1.165) is 0 Å². The van der Waals surface area contributed by atoms with Crippen LogP contribution in [0.4, 0.5) is 5.69 Å². The van der Waals surface area contributed by atoms with E-state index in [0.29, 0.717) is 17.1 Å². The highest BCUT2D eigenvalue weighted by atomic mass is 16.2. The second-order valence-electron chi connectivity index (χ2n) is 4.76. The van der Waals surface area contributed by atoms with E-state index < -0.39 is 0 Å². The molecule has 0 aliphatic carbocycles. The molecule has 2 rings (SSSR count). The number of nitrogens with zero attached hydrogens (tertiary/aromatic N) is 2. The number of rotatable bonds is 4. The number of carbonyl (C=O) groups excluding carboxylic acids is 2. The number of aromatic nitrogens is 2. The lowest BCUT2D eigenvalue weighted by Crippen LogP contribution is -2.31. The van der Waals surface area contributed by atoms with Crippen LogP contribution in [-0.4, -0.2) is 28.8 Å². The minimum absolute atomic E-state index is 0.130. The van der Waals surface area contributed by atoms with Crippen molar-refractivity contribution in [3.63, 3.8) is 0 Å². The number of imidazole rings is 1. The van der Waals surface area contributed by atoms with Gasteiger partial charge in [-0.3, -0.25) is 9.59 Å². The van der Waals surface area contributed by atoms with E-state index in [1.54, 1.807) is 43.7 Å². The first-order valence-electron chi connectivity index (χ1n) is 6.64. The molecule has 1 unspecified atom stereocenters. The monoisotopic (exact) mass is 286 g/mol. The molecular weight excluding hydrogens is 268 g/mol. The van der Waals surface area contributed by atoms with Crippen LogP contribution < -0.4 is 10.2 Å². The number of anilines is 1. The molecule has 1 aromatic heterocycles. The van der Waals surface area contributed by atoms with Gasteiger partial charge in [-0.25, -0.2) is 4.98 Å². The molecule has 21 heavy (non-hydrogen) atoms. The van der Waals surface area contributed by atoms with Crippen molar-refractivity contribution >= 4 is 17.5 Å². The summed E-state index contributed by atoms with van der Waals surface area (Å²) in [6, 6.07) is 6.75. The number of aromatic amines is 1. The zero-order valence-electron chi connectivity index (χ0n) is 12.3. The maximum atomic E-state index is 12.4. The van der Waals surface area contributed by atoms with Crippen molar-refractivity contribution in [2.24, 2.45) is 0 Å². The van der Waals surface area contributed by atoms with Crippen molar-refractivity contribution < 1.29 is 9.59 Å². The van der Waals surface area contributed by atoms with Crippen molar-refractivity contribution in [2.45, 2.75) is 19.9 Å². The Morgan fingerprint density at radius 3 is 2.67 bits per heavy atom. The van der Waals surface area contributed by atoms with Crippen molar-refractivity contribution in [3.8, 4) is 0 Å². The van der Waals surface area contributed by atoms with Crippen LogP contribution in [-0.2, 0) is 4.79 Å². The molecule has 2 N–H and O–H groups in total. The van der Waals surface area contributed by atoms with Crippen molar-refractivity contribution in [1.82, 2.24) is 15.3 Å². The van der Waals surface area contributed by atoms with Gasteiger partial charge in [0.2, 0.25) is 5.91 Å². The van der Waals surface area contributed by atoms with Gasteiger partial charge < -0.3 is 15.2 Å². The van der Waals surface area contributed by atoms with Gasteiger partial charge in [0.15, 0.2) is 0 Å². The van der Waals surface area contributed by atoms with Gasteiger partial charge in [0.05, 0.1) is 17.3 Å². The molecule has 0 radical (unpaired) electrons. The molecule has 0 aliphatic rings. The van der Waals surface area contributed by atoms with Crippen molar-refractivity contribution in [3.05, 3.63) is 48.0 Å². The number of nitrogens with one attached hydrogen (secondary N) is 2. The lowest BCUT2D eigenvalue weighted by atomic mass is 10.1. The Morgan fingerprint density at radius 2 is 2.05 bits per heavy atom. The molecule has 2 amide bonds. The van der Waals surface area contributed by atoms with E-state index in [1.165, 1.54) is 11.8 Å². The number of para-hydroxylation sites is 1. The number of carbonyl (C=O) groups is 2. The summed E-state index contributed by atoms with van der Waals surface area (Å²) in [6.45, 7) is 3.30. The molecule has 0 bridgehead atoms. The highest BCUT2D eigenvalue weighted by Crippen LogP contribution is 2.20. The summed E-state index contributed by atoms with van der Waals surface area (Å²) in [6.07, 6.45) is 3.34. The summed E-state index contributed by atoms with van der Waals surface area (Å²) in [7, 11) is 1.64. The normalized spacial score (nSPS) is 11.8. The van der Waals surface area contributed by atoms with Crippen LogP contribution in [0.2, 0.25) is 0 Å². The predicted molar refractivity (Wildman–Crippen MR) is 80.0 cm³/mol. The molecule has 0 spiro atoms. The SMILES string of the molecule is CC(=O)N(C)c1ccccc1C(=O)NC(C)c1ncc[nH]1. The Labute approximate surface area is 123 Å². The third-order valence-electron chi connectivity index (χ3n) is 3.26. The Kier molecular flexibility index (Phi) is 4.37. The zero-order valence-corrected chi connectivity index (χ0v) is 12.3. The van der Waals surface area contributed by atoms with Crippen LogP contribution in [0.25, 0.3) is 0 Å². The Bertz CT molecular complexity index is 637. The number of hydrogen-bond acceptors (Lipinski definition) is 3. The third kappa shape index (κ3) is 3.28. The second-order valence-corrected chi connectivity index (χ2v) is 4.76. The second kappa shape index (κ2) is 6.21. The number of H-pyrrole nitrogens is 1. The van der Waals surface area contributed by atoms with Gasteiger partial charge in [-0.1, -0.05) is 12.1 Å². The van der Waals surface area contributed by atoms with E-state index in [-0.39, 0.29) is 17.9 Å². The maximum absolute atomic E-state index is 12.4. The van der Waals surface area contributed by atoms with Gasteiger partial charge in [-0.2, -0.15) is 0 Å². The fraction of sp³-hybridized carbons (Fsp3) is 0.267. The molecule has 1 heterocycles. The molecule has 0 saturated heterocycles. The van der Waals surface area contributed by atoms with E-state index in [4.69, 9.17) is 0 Å². The molecule has 6 nitrogen and oxygen atoms in total. The number of benzene rings is 1. The first kappa shape index (κ1) is 14.8. The Balaban J connectivity index is 2.21. The van der Waals surface area contributed by atoms with E-state index in [1.807, 2.05) is 6.92 Å².